The van der Waals surface area contributed by atoms with Crippen molar-refractivity contribution in [3.05, 3.63) is 29.8 Å². The molecule has 0 radical (unpaired) electrons. The SMILES string of the molecule is Cc1ccc(OCC(=O)Nc2nnc3n2CCS3)cc1. The lowest BCUT2D eigenvalue weighted by atomic mass is 10.2. The first kappa shape index (κ1) is 13.0. The monoisotopic (exact) mass is 290 g/mol. The van der Waals surface area contributed by atoms with E-state index in [1.165, 1.54) is 0 Å². The molecule has 0 bridgehead atoms. The van der Waals surface area contributed by atoms with Crippen LogP contribution in [-0.4, -0.2) is 33.0 Å². The van der Waals surface area contributed by atoms with Gasteiger partial charge in [0, 0.05) is 12.3 Å². The summed E-state index contributed by atoms with van der Waals surface area (Å²) in [6, 6.07) is 7.56. The summed E-state index contributed by atoms with van der Waals surface area (Å²) in [5, 5.41) is 11.5. The van der Waals surface area contributed by atoms with Crippen LogP contribution < -0.4 is 10.1 Å². The second kappa shape index (κ2) is 5.54. The van der Waals surface area contributed by atoms with Crippen molar-refractivity contribution in [1.29, 1.82) is 0 Å². The normalized spacial score (nSPS) is 13.1. The zero-order chi connectivity index (χ0) is 13.9. The Hall–Kier alpha value is -2.02. The highest BCUT2D eigenvalue weighted by molar-refractivity contribution is 7.99. The van der Waals surface area contributed by atoms with E-state index < -0.39 is 0 Å². The molecule has 20 heavy (non-hydrogen) atoms. The number of fused-ring (bicyclic) bond motifs is 1. The molecular formula is C13H14N4O2S. The number of aromatic nitrogens is 3. The van der Waals surface area contributed by atoms with Crippen molar-refractivity contribution in [2.75, 3.05) is 17.7 Å². The van der Waals surface area contributed by atoms with Crippen LogP contribution in [0, 0.1) is 6.92 Å². The maximum Gasteiger partial charge on any atom is 0.264 e. The standard InChI is InChI=1S/C13H14N4O2S/c1-9-2-4-10(5-3-9)19-8-11(18)14-12-15-16-13-17(12)6-7-20-13/h2-5H,6-8H2,1H3,(H,14,15,18). The average molecular weight is 290 g/mol. The predicted octanol–water partition coefficient (Wildman–Crippen LogP) is 1.71. The summed E-state index contributed by atoms with van der Waals surface area (Å²) in [4.78, 5) is 11.8. The number of thioether (sulfide) groups is 1. The number of benzene rings is 1. The first-order valence-electron chi connectivity index (χ1n) is 6.28. The number of nitrogens with zero attached hydrogens (tertiary/aromatic N) is 3. The number of amides is 1. The second-order valence-electron chi connectivity index (χ2n) is 4.46. The number of hydrogen-bond acceptors (Lipinski definition) is 5. The Balaban J connectivity index is 1.56. The van der Waals surface area contributed by atoms with Gasteiger partial charge in [-0.05, 0) is 19.1 Å². The number of nitrogens with one attached hydrogen (secondary N) is 1. The second-order valence-corrected chi connectivity index (χ2v) is 5.52. The van der Waals surface area contributed by atoms with Crippen molar-refractivity contribution < 1.29 is 9.53 Å². The molecule has 2 aromatic rings. The highest BCUT2D eigenvalue weighted by Crippen LogP contribution is 2.26. The Bertz CT molecular complexity index is 624. The minimum atomic E-state index is -0.238. The molecular weight excluding hydrogens is 276 g/mol. The maximum atomic E-state index is 11.8. The minimum Gasteiger partial charge on any atom is -0.484 e. The van der Waals surface area contributed by atoms with Crippen molar-refractivity contribution >= 4 is 23.6 Å². The lowest BCUT2D eigenvalue weighted by Crippen LogP contribution is -2.22. The van der Waals surface area contributed by atoms with Crippen LogP contribution in [0.25, 0.3) is 0 Å². The van der Waals surface area contributed by atoms with Gasteiger partial charge in [0.05, 0.1) is 0 Å². The molecule has 2 heterocycles. The van der Waals surface area contributed by atoms with Gasteiger partial charge in [-0.3, -0.25) is 14.7 Å². The fourth-order valence-corrected chi connectivity index (χ4v) is 2.75. The van der Waals surface area contributed by atoms with Crippen molar-refractivity contribution in [3.63, 3.8) is 0 Å². The summed E-state index contributed by atoms with van der Waals surface area (Å²) >= 11 is 1.63. The van der Waals surface area contributed by atoms with Crippen LogP contribution in [0.3, 0.4) is 0 Å². The predicted molar refractivity (Wildman–Crippen MR) is 76.0 cm³/mol. The van der Waals surface area contributed by atoms with Gasteiger partial charge in [0.25, 0.3) is 5.91 Å². The van der Waals surface area contributed by atoms with Crippen LogP contribution in [0.15, 0.2) is 29.4 Å². The first-order chi connectivity index (χ1) is 9.72. The molecule has 1 aromatic heterocycles. The van der Waals surface area contributed by atoms with Crippen LogP contribution in [0.4, 0.5) is 5.95 Å². The molecule has 0 aliphatic carbocycles. The lowest BCUT2D eigenvalue weighted by molar-refractivity contribution is -0.118. The van der Waals surface area contributed by atoms with Gasteiger partial charge in [0.1, 0.15) is 5.75 Å². The highest BCUT2D eigenvalue weighted by atomic mass is 32.2. The van der Waals surface area contributed by atoms with Gasteiger partial charge in [-0.1, -0.05) is 29.5 Å². The van der Waals surface area contributed by atoms with Gasteiger partial charge in [-0.2, -0.15) is 0 Å². The summed E-state index contributed by atoms with van der Waals surface area (Å²) in [5.41, 5.74) is 1.15. The van der Waals surface area contributed by atoms with E-state index in [2.05, 4.69) is 15.5 Å². The molecule has 1 amide bonds. The number of ether oxygens (including phenoxy) is 1. The number of aryl methyl sites for hydroxylation is 1. The number of rotatable bonds is 4. The maximum absolute atomic E-state index is 11.8. The molecule has 1 aliphatic heterocycles. The molecule has 0 saturated carbocycles. The lowest BCUT2D eigenvalue weighted by Gasteiger charge is -2.07. The number of hydrogen-bond donors (Lipinski definition) is 1. The van der Waals surface area contributed by atoms with Crippen LogP contribution in [-0.2, 0) is 11.3 Å². The van der Waals surface area contributed by atoms with Gasteiger partial charge >= 0.3 is 0 Å². The Morgan fingerprint density at radius 2 is 2.20 bits per heavy atom. The van der Waals surface area contributed by atoms with Crippen molar-refractivity contribution in [2.24, 2.45) is 0 Å². The van der Waals surface area contributed by atoms with Crippen LogP contribution >= 0.6 is 11.8 Å². The van der Waals surface area contributed by atoms with Gasteiger partial charge in [-0.15, -0.1) is 10.2 Å². The molecule has 0 atom stereocenters. The fraction of sp³-hybridized carbons (Fsp3) is 0.308. The quantitative estimate of drug-likeness (QED) is 0.928. The molecule has 0 fully saturated rings. The van der Waals surface area contributed by atoms with E-state index in [1.807, 2.05) is 35.8 Å². The summed E-state index contributed by atoms with van der Waals surface area (Å²) in [6.07, 6.45) is 0. The van der Waals surface area contributed by atoms with Crippen LogP contribution in [0.5, 0.6) is 5.75 Å². The number of anilines is 1. The van der Waals surface area contributed by atoms with E-state index in [4.69, 9.17) is 4.74 Å². The van der Waals surface area contributed by atoms with E-state index in [9.17, 15) is 4.79 Å². The smallest absolute Gasteiger partial charge is 0.264 e. The summed E-state index contributed by atoms with van der Waals surface area (Å²) in [6.45, 7) is 2.78. The molecule has 7 heteroatoms. The van der Waals surface area contributed by atoms with Crippen molar-refractivity contribution in [3.8, 4) is 5.75 Å². The first-order valence-corrected chi connectivity index (χ1v) is 7.26. The van der Waals surface area contributed by atoms with E-state index in [0.717, 1.165) is 23.0 Å². The Labute approximate surface area is 120 Å². The molecule has 3 rings (SSSR count). The third-order valence-corrected chi connectivity index (χ3v) is 3.85. The molecule has 6 nitrogen and oxygen atoms in total. The molecule has 1 aliphatic rings. The third kappa shape index (κ3) is 2.77. The molecule has 0 spiro atoms. The van der Waals surface area contributed by atoms with E-state index in [-0.39, 0.29) is 12.5 Å². The third-order valence-electron chi connectivity index (χ3n) is 2.91. The van der Waals surface area contributed by atoms with Crippen LogP contribution in [0.1, 0.15) is 5.56 Å². The number of carbonyl (C=O) groups is 1. The van der Waals surface area contributed by atoms with E-state index >= 15 is 0 Å². The topological polar surface area (TPSA) is 69.0 Å². The summed E-state index contributed by atoms with van der Waals surface area (Å²) in [5.74, 6) is 1.89. The van der Waals surface area contributed by atoms with Gasteiger partial charge < -0.3 is 4.74 Å². The fourth-order valence-electron chi connectivity index (χ4n) is 1.86. The average Bonchev–Trinajstić information content (AvgIpc) is 3.03. The Morgan fingerprint density at radius 1 is 1.40 bits per heavy atom. The largest absolute Gasteiger partial charge is 0.484 e. The number of carbonyl (C=O) groups excluding carboxylic acids is 1. The van der Waals surface area contributed by atoms with E-state index in [0.29, 0.717) is 11.7 Å². The van der Waals surface area contributed by atoms with Gasteiger partial charge in [0.15, 0.2) is 11.8 Å². The zero-order valence-electron chi connectivity index (χ0n) is 11.0. The molecule has 0 unspecified atom stereocenters. The van der Waals surface area contributed by atoms with Gasteiger partial charge in [-0.25, -0.2) is 0 Å². The van der Waals surface area contributed by atoms with Crippen molar-refractivity contribution in [1.82, 2.24) is 14.8 Å². The summed E-state index contributed by atoms with van der Waals surface area (Å²) < 4.78 is 7.31. The van der Waals surface area contributed by atoms with Crippen molar-refractivity contribution in [2.45, 2.75) is 18.6 Å². The van der Waals surface area contributed by atoms with E-state index in [1.54, 1.807) is 11.8 Å². The highest BCUT2D eigenvalue weighted by Gasteiger charge is 2.19. The summed E-state index contributed by atoms with van der Waals surface area (Å²) in [7, 11) is 0. The minimum absolute atomic E-state index is 0.0433. The zero-order valence-corrected chi connectivity index (χ0v) is 11.8. The van der Waals surface area contributed by atoms with Gasteiger partial charge in [0.2, 0.25) is 5.95 Å². The Morgan fingerprint density at radius 3 is 3.00 bits per heavy atom. The Kier molecular flexibility index (Phi) is 3.60. The molecule has 1 aromatic carbocycles. The molecule has 104 valence electrons. The molecule has 0 saturated heterocycles. The molecule has 1 N–H and O–H groups in total. The van der Waals surface area contributed by atoms with Crippen LogP contribution in [0.2, 0.25) is 0 Å².